The molecule has 0 saturated carbocycles. The van der Waals surface area contributed by atoms with Gasteiger partial charge in [-0.3, -0.25) is 9.13 Å². The van der Waals surface area contributed by atoms with E-state index in [2.05, 4.69) is 13.8 Å². The molecule has 0 heterocycles. The van der Waals surface area contributed by atoms with Crippen LogP contribution in [-0.4, -0.2) is 41.7 Å². The van der Waals surface area contributed by atoms with Gasteiger partial charge in [0, 0.05) is 39.6 Å². The third kappa shape index (κ3) is 13.7. The van der Waals surface area contributed by atoms with E-state index in [4.69, 9.17) is 27.6 Å². The minimum Gasteiger partial charge on any atom is -0.493 e. The van der Waals surface area contributed by atoms with Gasteiger partial charge in [0.1, 0.15) is 11.5 Å². The van der Waals surface area contributed by atoms with Crippen molar-refractivity contribution in [2.75, 3.05) is 41.7 Å². The van der Waals surface area contributed by atoms with Crippen LogP contribution < -0.4 is 20.1 Å². The molecule has 10 heteroatoms. The van der Waals surface area contributed by atoms with E-state index in [0.717, 1.165) is 69.9 Å². The van der Waals surface area contributed by atoms with E-state index in [1.54, 1.807) is 0 Å². The zero-order chi connectivity index (χ0) is 41.6. The molecule has 0 aromatic heterocycles. The Hall–Kier alpha value is -2.70. The number of rotatable bonds is 31. The van der Waals surface area contributed by atoms with Gasteiger partial charge >= 0.3 is 15.2 Å². The van der Waals surface area contributed by atoms with Gasteiger partial charge in [-0.1, -0.05) is 154 Å². The average Bonchev–Trinajstić information content (AvgIpc) is 3.26. The molecule has 4 aromatic carbocycles. The largest absolute Gasteiger partial charge is 0.493 e. The molecule has 322 valence electrons. The standard InChI is InChI=1S/C48H72O8P2/c1-7-9-11-13-15-17-19-21-23-25-35-55-45-33-27-39-37-41(57(49,51-3)52-4)29-31-43(39)47(45)48-44-32-30-42(58(50,53-5)54-6)38-40(44)28-34-46(48)56-36-26-24-22-20-18-16-14-12-10-8-2/h27-34,37-38H,7-26,35-36H2,1-6H3. The molecule has 0 fully saturated rings. The van der Waals surface area contributed by atoms with Crippen molar-refractivity contribution < 1.29 is 36.7 Å². The van der Waals surface area contributed by atoms with Crippen molar-refractivity contribution in [3.63, 3.8) is 0 Å². The van der Waals surface area contributed by atoms with E-state index in [-0.39, 0.29) is 0 Å². The second kappa shape index (κ2) is 25.8. The number of unbranched alkanes of at least 4 members (excludes halogenated alkanes) is 18. The normalized spacial score (nSPS) is 12.2. The lowest BCUT2D eigenvalue weighted by molar-refractivity contribution is 0.286. The zero-order valence-corrected chi connectivity index (χ0v) is 38.3. The molecular formula is C48H72O8P2. The van der Waals surface area contributed by atoms with E-state index in [1.807, 2.05) is 60.7 Å². The monoisotopic (exact) mass is 838 g/mol. The maximum Gasteiger partial charge on any atom is 0.360 e. The molecule has 0 radical (unpaired) electrons. The van der Waals surface area contributed by atoms with Crippen LogP contribution in [0.15, 0.2) is 60.7 Å². The van der Waals surface area contributed by atoms with Gasteiger partial charge in [-0.05, 0) is 70.8 Å². The molecule has 4 aromatic rings. The van der Waals surface area contributed by atoms with Crippen molar-refractivity contribution in [2.45, 2.75) is 142 Å². The van der Waals surface area contributed by atoms with Crippen molar-refractivity contribution in [1.82, 2.24) is 0 Å². The Kier molecular flexibility index (Phi) is 21.4. The Morgan fingerprint density at radius 1 is 0.397 bits per heavy atom. The number of fused-ring (bicyclic) bond motifs is 2. The highest BCUT2D eigenvalue weighted by molar-refractivity contribution is 7.62. The van der Waals surface area contributed by atoms with Crippen LogP contribution in [0.25, 0.3) is 32.7 Å². The topological polar surface area (TPSA) is 89.5 Å². The molecule has 0 aliphatic carbocycles. The van der Waals surface area contributed by atoms with E-state index >= 15 is 0 Å². The van der Waals surface area contributed by atoms with E-state index in [0.29, 0.717) is 23.8 Å². The molecule has 0 atom stereocenters. The van der Waals surface area contributed by atoms with Gasteiger partial charge in [-0.15, -0.1) is 0 Å². The van der Waals surface area contributed by atoms with E-state index < -0.39 is 15.2 Å². The number of benzene rings is 4. The third-order valence-electron chi connectivity index (χ3n) is 11.3. The molecule has 0 N–H and O–H groups in total. The summed E-state index contributed by atoms with van der Waals surface area (Å²) in [4.78, 5) is 0. The molecule has 0 unspecified atom stereocenters. The number of hydrogen-bond acceptors (Lipinski definition) is 8. The van der Waals surface area contributed by atoms with Crippen LogP contribution in [0.3, 0.4) is 0 Å². The molecule has 58 heavy (non-hydrogen) atoms. The smallest absolute Gasteiger partial charge is 0.360 e. The predicted octanol–water partition coefficient (Wildman–Crippen LogP) is 14.5. The first-order valence-electron chi connectivity index (χ1n) is 22.1. The van der Waals surface area contributed by atoms with Crippen molar-refractivity contribution in [3.05, 3.63) is 60.7 Å². The summed E-state index contributed by atoms with van der Waals surface area (Å²) in [5.74, 6) is 1.50. The predicted molar refractivity (Wildman–Crippen MR) is 244 cm³/mol. The van der Waals surface area contributed by atoms with Gasteiger partial charge in [-0.25, -0.2) is 0 Å². The highest BCUT2D eigenvalue weighted by atomic mass is 31.2. The molecule has 0 aliphatic heterocycles. The molecule has 0 bridgehead atoms. The minimum atomic E-state index is -3.50. The van der Waals surface area contributed by atoms with Gasteiger partial charge in [0.15, 0.2) is 0 Å². The van der Waals surface area contributed by atoms with Gasteiger partial charge in [0.25, 0.3) is 0 Å². The maximum absolute atomic E-state index is 13.5. The number of ether oxygens (including phenoxy) is 2. The Labute approximate surface area is 350 Å². The summed E-state index contributed by atoms with van der Waals surface area (Å²) >= 11 is 0. The molecule has 0 amide bonds. The van der Waals surface area contributed by atoms with Crippen LogP contribution >= 0.6 is 15.2 Å². The summed E-state index contributed by atoms with van der Waals surface area (Å²) in [7, 11) is -1.38. The summed E-state index contributed by atoms with van der Waals surface area (Å²) in [6.07, 6.45) is 25.0. The second-order valence-electron chi connectivity index (χ2n) is 15.5. The molecule has 0 saturated heterocycles. The fraction of sp³-hybridized carbons (Fsp3) is 0.583. The lowest BCUT2D eigenvalue weighted by Crippen LogP contribution is -2.09. The van der Waals surface area contributed by atoms with Crippen LogP contribution in [0, 0.1) is 0 Å². The van der Waals surface area contributed by atoms with Crippen molar-refractivity contribution in [2.24, 2.45) is 0 Å². The average molecular weight is 839 g/mol. The minimum absolute atomic E-state index is 0.477. The van der Waals surface area contributed by atoms with Crippen molar-refractivity contribution in [1.29, 1.82) is 0 Å². The summed E-state index contributed by atoms with van der Waals surface area (Å²) < 4.78 is 61.8. The fourth-order valence-corrected chi connectivity index (χ4v) is 10.1. The van der Waals surface area contributed by atoms with Gasteiger partial charge < -0.3 is 27.6 Å². The van der Waals surface area contributed by atoms with Crippen LogP contribution in [0.5, 0.6) is 11.5 Å². The highest BCUT2D eigenvalue weighted by Crippen LogP contribution is 2.50. The SMILES string of the molecule is CCCCCCCCCCCCOc1ccc2cc(P(=O)(OC)OC)ccc2c1-c1c(OCCCCCCCCCCCC)ccc2cc(P(=O)(OC)OC)ccc12. The molecule has 4 rings (SSSR count). The molecular weight excluding hydrogens is 766 g/mol. The first kappa shape index (κ1) is 48.0. The summed E-state index contributed by atoms with van der Waals surface area (Å²) in [6, 6.07) is 19.3. The van der Waals surface area contributed by atoms with Gasteiger partial charge in [-0.2, -0.15) is 0 Å². The van der Waals surface area contributed by atoms with E-state index in [9.17, 15) is 9.13 Å². The summed E-state index contributed by atoms with van der Waals surface area (Å²) in [6.45, 7) is 5.70. The summed E-state index contributed by atoms with van der Waals surface area (Å²) in [5, 5.41) is 4.52. The Balaban J connectivity index is 1.67. The second-order valence-corrected chi connectivity index (χ2v) is 20.0. The maximum atomic E-state index is 13.5. The third-order valence-corrected chi connectivity index (χ3v) is 15.0. The van der Waals surface area contributed by atoms with Crippen molar-refractivity contribution in [3.8, 4) is 22.6 Å². The van der Waals surface area contributed by atoms with Crippen LogP contribution in [0.1, 0.15) is 142 Å². The lowest BCUT2D eigenvalue weighted by Gasteiger charge is -2.21. The quantitative estimate of drug-likeness (QED) is 0.0366. The van der Waals surface area contributed by atoms with Crippen LogP contribution in [-0.2, 0) is 27.2 Å². The highest BCUT2D eigenvalue weighted by Gasteiger charge is 2.28. The summed E-state index contributed by atoms with van der Waals surface area (Å²) in [5.41, 5.74) is 1.78. The number of hydrogen-bond donors (Lipinski definition) is 0. The first-order chi connectivity index (χ1) is 28.3. The molecule has 0 spiro atoms. The van der Waals surface area contributed by atoms with Crippen LogP contribution in [0.4, 0.5) is 0 Å². The van der Waals surface area contributed by atoms with Crippen LogP contribution in [0.2, 0.25) is 0 Å². The van der Waals surface area contributed by atoms with Crippen molar-refractivity contribution >= 4 is 47.3 Å². The Bertz CT molecular complexity index is 1760. The van der Waals surface area contributed by atoms with Gasteiger partial charge in [0.05, 0.1) is 23.8 Å². The Morgan fingerprint density at radius 3 is 1.02 bits per heavy atom. The van der Waals surface area contributed by atoms with Gasteiger partial charge in [0.2, 0.25) is 0 Å². The lowest BCUT2D eigenvalue weighted by atomic mass is 9.92. The Morgan fingerprint density at radius 2 is 0.707 bits per heavy atom. The van der Waals surface area contributed by atoms with E-state index in [1.165, 1.54) is 131 Å². The fourth-order valence-electron chi connectivity index (χ4n) is 7.81. The molecule has 0 aliphatic rings. The molecule has 8 nitrogen and oxygen atoms in total. The first-order valence-corrected chi connectivity index (χ1v) is 25.2. The zero-order valence-electron chi connectivity index (χ0n) is 36.5.